The van der Waals surface area contributed by atoms with E-state index < -0.39 is 0 Å². The lowest BCUT2D eigenvalue weighted by Crippen LogP contribution is -2.53. The lowest BCUT2D eigenvalue weighted by molar-refractivity contribution is -0.146. The van der Waals surface area contributed by atoms with E-state index in [1.54, 1.807) is 0 Å². The predicted octanol–water partition coefficient (Wildman–Crippen LogP) is 3.45. The van der Waals surface area contributed by atoms with Crippen LogP contribution in [0.3, 0.4) is 0 Å². The van der Waals surface area contributed by atoms with E-state index in [4.69, 9.17) is 0 Å². The summed E-state index contributed by atoms with van der Waals surface area (Å²) in [6.45, 7) is 4.20. The number of hydrazone groups is 1. The number of amides is 1. The topological polar surface area (TPSA) is 58.5 Å². The summed E-state index contributed by atoms with van der Waals surface area (Å²) in [6.07, 6.45) is 9.01. The van der Waals surface area contributed by atoms with Gasteiger partial charge in [-0.3, -0.25) is 9.59 Å². The minimum atomic E-state index is -0.160. The second kappa shape index (κ2) is 5.15. The van der Waals surface area contributed by atoms with Gasteiger partial charge in [0.05, 0.1) is 5.41 Å². The standard InChI is InChI=1S/C19H28N2O2/c1-18(2)10-15(6-16(22)11-18)20-21-17(23)19-7-12-3-13(8-19)5-14(4-12)9-19/h12-14H,3-11H2,1-2H3,(H,21,23)/b20-15-. The van der Waals surface area contributed by atoms with Crippen molar-refractivity contribution in [2.45, 2.75) is 71.6 Å². The molecule has 5 aliphatic rings. The molecule has 0 radical (unpaired) electrons. The zero-order chi connectivity index (χ0) is 16.2. The van der Waals surface area contributed by atoms with Gasteiger partial charge < -0.3 is 0 Å². The third-order valence-electron chi connectivity index (χ3n) is 6.60. The van der Waals surface area contributed by atoms with Crippen LogP contribution in [0, 0.1) is 28.6 Å². The van der Waals surface area contributed by atoms with Crippen LogP contribution in [0.5, 0.6) is 0 Å². The highest BCUT2D eigenvalue weighted by Gasteiger charge is 2.54. The number of carbonyl (C=O) groups is 2. The van der Waals surface area contributed by atoms with E-state index in [1.165, 1.54) is 19.3 Å². The van der Waals surface area contributed by atoms with Crippen LogP contribution in [0.4, 0.5) is 0 Å². The Bertz CT molecular complexity index is 541. The first kappa shape index (κ1) is 15.3. The van der Waals surface area contributed by atoms with Crippen molar-refractivity contribution in [2.24, 2.45) is 33.7 Å². The molecule has 5 aliphatic carbocycles. The molecule has 0 atom stereocenters. The lowest BCUT2D eigenvalue weighted by atomic mass is 9.49. The van der Waals surface area contributed by atoms with E-state index in [-0.39, 0.29) is 22.5 Å². The van der Waals surface area contributed by atoms with Crippen molar-refractivity contribution in [3.05, 3.63) is 0 Å². The Kier molecular flexibility index (Phi) is 3.44. The van der Waals surface area contributed by atoms with E-state index in [9.17, 15) is 9.59 Å². The highest BCUT2D eigenvalue weighted by atomic mass is 16.2. The molecule has 126 valence electrons. The summed E-state index contributed by atoms with van der Waals surface area (Å²) in [5.41, 5.74) is 3.53. The van der Waals surface area contributed by atoms with Gasteiger partial charge in [-0.15, -0.1) is 0 Å². The highest BCUT2D eigenvalue weighted by Crippen LogP contribution is 2.60. The van der Waals surface area contributed by atoms with Crippen LogP contribution >= 0.6 is 0 Å². The second-order valence-corrected chi connectivity index (χ2v) is 9.55. The van der Waals surface area contributed by atoms with Crippen molar-refractivity contribution < 1.29 is 9.59 Å². The fourth-order valence-electron chi connectivity index (χ4n) is 6.22. The van der Waals surface area contributed by atoms with Gasteiger partial charge in [0.25, 0.3) is 0 Å². The summed E-state index contributed by atoms with van der Waals surface area (Å²) >= 11 is 0. The Balaban J connectivity index is 1.46. The molecule has 0 aliphatic heterocycles. The summed E-state index contributed by atoms with van der Waals surface area (Å²) in [5, 5.41) is 4.38. The number of carbonyl (C=O) groups excluding carboxylic acids is 2. The monoisotopic (exact) mass is 316 g/mol. The number of nitrogens with zero attached hydrogens (tertiary/aromatic N) is 1. The third kappa shape index (κ3) is 2.85. The quantitative estimate of drug-likeness (QED) is 0.793. The van der Waals surface area contributed by atoms with Crippen LogP contribution < -0.4 is 5.43 Å². The average Bonchev–Trinajstić information content (AvgIpc) is 2.41. The van der Waals surface area contributed by atoms with E-state index in [2.05, 4.69) is 24.4 Å². The lowest BCUT2D eigenvalue weighted by Gasteiger charge is -2.55. The number of hydrogen-bond acceptors (Lipinski definition) is 3. The van der Waals surface area contributed by atoms with Crippen molar-refractivity contribution >= 4 is 17.4 Å². The average molecular weight is 316 g/mol. The van der Waals surface area contributed by atoms with Gasteiger partial charge >= 0.3 is 0 Å². The molecular weight excluding hydrogens is 288 g/mol. The maximum Gasteiger partial charge on any atom is 0.246 e. The Hall–Kier alpha value is -1.19. The minimum Gasteiger partial charge on any atom is -0.299 e. The molecule has 5 fully saturated rings. The minimum absolute atomic E-state index is 0.0282. The Morgan fingerprint density at radius 2 is 1.61 bits per heavy atom. The number of Topliss-reactive ketones (excluding diaryl/α,β-unsaturated/α-hetero) is 1. The summed E-state index contributed by atoms with van der Waals surface area (Å²) < 4.78 is 0. The molecule has 4 nitrogen and oxygen atoms in total. The molecule has 0 saturated heterocycles. The normalized spacial score (nSPS) is 43.0. The van der Waals surface area contributed by atoms with Crippen LogP contribution in [0.1, 0.15) is 71.6 Å². The Labute approximate surface area is 138 Å². The van der Waals surface area contributed by atoms with Gasteiger partial charge in [0.1, 0.15) is 5.78 Å². The molecule has 5 rings (SSSR count). The number of rotatable bonds is 2. The molecule has 0 aromatic rings. The van der Waals surface area contributed by atoms with Crippen LogP contribution in [-0.4, -0.2) is 17.4 Å². The maximum absolute atomic E-state index is 12.9. The van der Waals surface area contributed by atoms with Crippen LogP contribution in [0.2, 0.25) is 0 Å². The van der Waals surface area contributed by atoms with Crippen molar-refractivity contribution in [1.29, 1.82) is 0 Å². The number of ketones is 1. The van der Waals surface area contributed by atoms with Gasteiger partial charge in [0.15, 0.2) is 0 Å². The van der Waals surface area contributed by atoms with Crippen molar-refractivity contribution in [3.8, 4) is 0 Å². The van der Waals surface area contributed by atoms with E-state index in [0.717, 1.165) is 49.1 Å². The van der Waals surface area contributed by atoms with Gasteiger partial charge in [0, 0.05) is 18.6 Å². The summed E-state index contributed by atoms with van der Waals surface area (Å²) in [7, 11) is 0. The van der Waals surface area contributed by atoms with Crippen LogP contribution in [0.25, 0.3) is 0 Å². The van der Waals surface area contributed by atoms with Crippen molar-refractivity contribution in [3.63, 3.8) is 0 Å². The summed E-state index contributed by atoms with van der Waals surface area (Å²) in [5.74, 6) is 2.64. The van der Waals surface area contributed by atoms with Crippen molar-refractivity contribution in [2.75, 3.05) is 0 Å². The predicted molar refractivity (Wildman–Crippen MR) is 88.8 cm³/mol. The molecule has 0 heterocycles. The SMILES string of the molecule is CC1(C)CC(=O)C/C(=N/NC(=O)C23CC4CC(CC(C4)C2)C3)C1. The molecule has 1 N–H and O–H groups in total. The fraction of sp³-hybridized carbons (Fsp3) is 0.842. The molecule has 4 heteroatoms. The Morgan fingerprint density at radius 3 is 2.13 bits per heavy atom. The van der Waals surface area contributed by atoms with E-state index in [1.807, 2.05) is 0 Å². The number of hydrogen-bond donors (Lipinski definition) is 1. The maximum atomic E-state index is 12.9. The molecule has 0 aromatic heterocycles. The fourth-order valence-corrected chi connectivity index (χ4v) is 6.22. The van der Waals surface area contributed by atoms with Gasteiger partial charge in [-0.05, 0) is 68.1 Å². The summed E-state index contributed by atoms with van der Waals surface area (Å²) in [4.78, 5) is 24.7. The Morgan fingerprint density at radius 1 is 1.04 bits per heavy atom. The van der Waals surface area contributed by atoms with Gasteiger partial charge in [-0.25, -0.2) is 5.43 Å². The smallest absolute Gasteiger partial charge is 0.246 e. The first-order chi connectivity index (χ1) is 10.8. The van der Waals surface area contributed by atoms with Gasteiger partial charge in [-0.1, -0.05) is 13.8 Å². The molecule has 1 amide bonds. The van der Waals surface area contributed by atoms with Gasteiger partial charge in [-0.2, -0.15) is 5.10 Å². The zero-order valence-corrected chi connectivity index (χ0v) is 14.4. The van der Waals surface area contributed by atoms with E-state index >= 15 is 0 Å². The van der Waals surface area contributed by atoms with Crippen LogP contribution in [-0.2, 0) is 9.59 Å². The third-order valence-corrected chi connectivity index (χ3v) is 6.60. The molecule has 0 unspecified atom stereocenters. The van der Waals surface area contributed by atoms with E-state index in [0.29, 0.717) is 12.8 Å². The highest BCUT2D eigenvalue weighted by molar-refractivity contribution is 6.05. The van der Waals surface area contributed by atoms with Gasteiger partial charge in [0.2, 0.25) is 5.91 Å². The molecule has 0 aromatic carbocycles. The summed E-state index contributed by atoms with van der Waals surface area (Å²) in [6, 6.07) is 0. The van der Waals surface area contributed by atoms with Crippen molar-refractivity contribution in [1.82, 2.24) is 5.43 Å². The number of nitrogens with one attached hydrogen (secondary N) is 1. The van der Waals surface area contributed by atoms with Crippen LogP contribution in [0.15, 0.2) is 5.10 Å². The largest absolute Gasteiger partial charge is 0.299 e. The first-order valence-electron chi connectivity index (χ1n) is 9.21. The molecule has 0 spiro atoms. The molecule has 23 heavy (non-hydrogen) atoms. The molecular formula is C19H28N2O2. The zero-order valence-electron chi connectivity index (χ0n) is 14.4. The molecule has 5 saturated carbocycles. The second-order valence-electron chi connectivity index (χ2n) is 9.55. The molecule has 4 bridgehead atoms. The first-order valence-corrected chi connectivity index (χ1v) is 9.21.